The lowest BCUT2D eigenvalue weighted by Crippen LogP contribution is -2.39. The molecule has 3 nitrogen and oxygen atoms in total. The largest absolute Gasteiger partial charge is 0.354 e. The average molecular weight is 265 g/mol. The van der Waals surface area contributed by atoms with Gasteiger partial charge in [-0.2, -0.15) is 0 Å². The standard InChI is InChI=1S/C15H24FN3/c1-4-17-9-13-5-7-18-15(14(13)16)19-8-6-11(2)12(3)10-19/h5,7,11-12,17H,4,6,8-10H2,1-3H3. The Morgan fingerprint density at radius 3 is 2.89 bits per heavy atom. The Balaban J connectivity index is 2.16. The van der Waals surface area contributed by atoms with Crippen LogP contribution < -0.4 is 10.2 Å². The van der Waals surface area contributed by atoms with Crippen molar-refractivity contribution in [3.63, 3.8) is 0 Å². The average Bonchev–Trinajstić information content (AvgIpc) is 2.41. The predicted molar refractivity (Wildman–Crippen MR) is 76.7 cm³/mol. The summed E-state index contributed by atoms with van der Waals surface area (Å²) in [6.07, 6.45) is 2.83. The molecule has 19 heavy (non-hydrogen) atoms. The zero-order valence-corrected chi connectivity index (χ0v) is 12.1. The number of hydrogen-bond donors (Lipinski definition) is 1. The smallest absolute Gasteiger partial charge is 0.170 e. The Morgan fingerprint density at radius 1 is 1.42 bits per heavy atom. The Kier molecular flexibility index (Phi) is 4.75. The van der Waals surface area contributed by atoms with E-state index in [0.717, 1.165) is 26.1 Å². The van der Waals surface area contributed by atoms with Gasteiger partial charge in [-0.15, -0.1) is 0 Å². The molecule has 1 fully saturated rings. The van der Waals surface area contributed by atoms with Crippen LogP contribution in [0.3, 0.4) is 0 Å². The highest BCUT2D eigenvalue weighted by molar-refractivity contribution is 5.43. The first-order valence-corrected chi connectivity index (χ1v) is 7.22. The Bertz CT molecular complexity index is 422. The monoisotopic (exact) mass is 265 g/mol. The molecule has 0 saturated carbocycles. The molecule has 2 rings (SSSR count). The van der Waals surface area contributed by atoms with E-state index >= 15 is 0 Å². The van der Waals surface area contributed by atoms with E-state index < -0.39 is 0 Å². The molecule has 0 radical (unpaired) electrons. The molecule has 2 atom stereocenters. The molecule has 1 aromatic heterocycles. The Labute approximate surface area is 115 Å². The van der Waals surface area contributed by atoms with E-state index in [2.05, 4.69) is 29.0 Å². The van der Waals surface area contributed by atoms with Gasteiger partial charge in [-0.05, 0) is 30.9 Å². The quantitative estimate of drug-likeness (QED) is 0.907. The first kappa shape index (κ1) is 14.3. The number of hydrogen-bond acceptors (Lipinski definition) is 3. The predicted octanol–water partition coefficient (Wildman–Crippen LogP) is 2.81. The van der Waals surface area contributed by atoms with Crippen molar-refractivity contribution in [3.05, 3.63) is 23.6 Å². The number of piperidine rings is 1. The minimum Gasteiger partial charge on any atom is -0.354 e. The van der Waals surface area contributed by atoms with Crippen LogP contribution in [-0.2, 0) is 6.54 Å². The normalized spacial score (nSPS) is 23.7. The second kappa shape index (κ2) is 6.33. The highest BCUT2D eigenvalue weighted by atomic mass is 19.1. The van der Waals surface area contributed by atoms with E-state index in [0.29, 0.717) is 29.8 Å². The number of anilines is 1. The molecule has 0 spiro atoms. The zero-order valence-electron chi connectivity index (χ0n) is 12.1. The van der Waals surface area contributed by atoms with Gasteiger partial charge in [0.25, 0.3) is 0 Å². The fraction of sp³-hybridized carbons (Fsp3) is 0.667. The van der Waals surface area contributed by atoms with E-state index in [1.54, 1.807) is 12.3 Å². The van der Waals surface area contributed by atoms with Crippen LogP contribution in [0.15, 0.2) is 12.3 Å². The fourth-order valence-corrected chi connectivity index (χ4v) is 2.54. The minimum absolute atomic E-state index is 0.162. The van der Waals surface area contributed by atoms with Gasteiger partial charge >= 0.3 is 0 Å². The van der Waals surface area contributed by atoms with Crippen molar-refractivity contribution in [2.24, 2.45) is 11.8 Å². The summed E-state index contributed by atoms with van der Waals surface area (Å²) in [5.74, 6) is 1.66. The number of nitrogens with one attached hydrogen (secondary N) is 1. The van der Waals surface area contributed by atoms with Gasteiger partial charge < -0.3 is 10.2 Å². The van der Waals surface area contributed by atoms with Crippen molar-refractivity contribution >= 4 is 5.82 Å². The Hall–Kier alpha value is -1.16. The van der Waals surface area contributed by atoms with Crippen LogP contribution in [0, 0.1) is 17.7 Å². The molecule has 2 unspecified atom stereocenters. The first-order valence-electron chi connectivity index (χ1n) is 7.22. The zero-order chi connectivity index (χ0) is 13.8. The van der Waals surface area contributed by atoms with Crippen LogP contribution >= 0.6 is 0 Å². The Morgan fingerprint density at radius 2 is 2.21 bits per heavy atom. The maximum absolute atomic E-state index is 14.5. The molecule has 106 valence electrons. The topological polar surface area (TPSA) is 28.2 Å². The molecule has 0 amide bonds. The summed E-state index contributed by atoms with van der Waals surface area (Å²) in [6, 6.07) is 1.76. The van der Waals surface area contributed by atoms with Crippen molar-refractivity contribution in [3.8, 4) is 0 Å². The lowest BCUT2D eigenvalue weighted by Gasteiger charge is -2.36. The third-order valence-electron chi connectivity index (χ3n) is 4.15. The van der Waals surface area contributed by atoms with Gasteiger partial charge in [-0.3, -0.25) is 0 Å². The molecular formula is C15H24FN3. The number of halogens is 1. The molecule has 0 bridgehead atoms. The lowest BCUT2D eigenvalue weighted by molar-refractivity contribution is 0.321. The maximum atomic E-state index is 14.5. The third-order valence-corrected chi connectivity index (χ3v) is 4.15. The van der Waals surface area contributed by atoms with Gasteiger partial charge in [0.15, 0.2) is 11.6 Å². The summed E-state index contributed by atoms with van der Waals surface area (Å²) >= 11 is 0. The van der Waals surface area contributed by atoms with Crippen LogP contribution in [0.2, 0.25) is 0 Å². The molecular weight excluding hydrogens is 241 g/mol. The van der Waals surface area contributed by atoms with Gasteiger partial charge in [0, 0.05) is 31.4 Å². The minimum atomic E-state index is -0.162. The summed E-state index contributed by atoms with van der Waals surface area (Å²) in [5.41, 5.74) is 0.707. The van der Waals surface area contributed by atoms with Gasteiger partial charge in [0.2, 0.25) is 0 Å². The number of aromatic nitrogens is 1. The van der Waals surface area contributed by atoms with Crippen molar-refractivity contribution in [1.29, 1.82) is 0 Å². The van der Waals surface area contributed by atoms with Crippen molar-refractivity contribution in [2.75, 3.05) is 24.5 Å². The summed E-state index contributed by atoms with van der Waals surface area (Å²) < 4.78 is 14.5. The summed E-state index contributed by atoms with van der Waals surface area (Å²) in [5, 5.41) is 3.17. The van der Waals surface area contributed by atoms with E-state index in [1.165, 1.54) is 0 Å². The molecule has 1 aliphatic heterocycles. The lowest BCUT2D eigenvalue weighted by atomic mass is 9.88. The van der Waals surface area contributed by atoms with Crippen LogP contribution in [0.4, 0.5) is 10.2 Å². The van der Waals surface area contributed by atoms with Gasteiger partial charge in [0.1, 0.15) is 0 Å². The SMILES string of the molecule is CCNCc1ccnc(N2CCC(C)C(C)C2)c1F. The second-order valence-electron chi connectivity index (χ2n) is 5.58. The van der Waals surface area contributed by atoms with Gasteiger partial charge in [-0.1, -0.05) is 20.8 Å². The molecule has 1 aliphatic rings. The summed E-state index contributed by atoms with van der Waals surface area (Å²) in [6.45, 7) is 9.74. The summed E-state index contributed by atoms with van der Waals surface area (Å²) in [4.78, 5) is 6.35. The molecule has 4 heteroatoms. The number of nitrogens with zero attached hydrogens (tertiary/aromatic N) is 2. The van der Waals surface area contributed by atoms with Crippen LogP contribution in [0.5, 0.6) is 0 Å². The van der Waals surface area contributed by atoms with Gasteiger partial charge in [0.05, 0.1) is 0 Å². The van der Waals surface area contributed by atoms with Crippen LogP contribution in [-0.4, -0.2) is 24.6 Å². The van der Waals surface area contributed by atoms with Crippen molar-refractivity contribution in [1.82, 2.24) is 10.3 Å². The molecule has 1 saturated heterocycles. The molecule has 1 N–H and O–H groups in total. The van der Waals surface area contributed by atoms with E-state index in [9.17, 15) is 4.39 Å². The first-order chi connectivity index (χ1) is 9.13. The van der Waals surface area contributed by atoms with E-state index in [-0.39, 0.29) is 5.82 Å². The maximum Gasteiger partial charge on any atom is 0.170 e. The molecule has 0 aliphatic carbocycles. The molecule has 1 aromatic rings. The van der Waals surface area contributed by atoms with Crippen LogP contribution in [0.25, 0.3) is 0 Å². The molecule has 2 heterocycles. The van der Waals surface area contributed by atoms with E-state index in [1.807, 2.05) is 6.92 Å². The van der Waals surface area contributed by atoms with E-state index in [4.69, 9.17) is 0 Å². The highest BCUT2D eigenvalue weighted by Gasteiger charge is 2.25. The number of rotatable bonds is 4. The number of pyridine rings is 1. The third kappa shape index (κ3) is 3.24. The second-order valence-corrected chi connectivity index (χ2v) is 5.58. The van der Waals surface area contributed by atoms with Crippen LogP contribution in [0.1, 0.15) is 32.8 Å². The highest BCUT2D eigenvalue weighted by Crippen LogP contribution is 2.28. The van der Waals surface area contributed by atoms with Gasteiger partial charge in [-0.25, -0.2) is 9.37 Å². The summed E-state index contributed by atoms with van der Waals surface area (Å²) in [7, 11) is 0. The molecule has 0 aromatic carbocycles. The fourth-order valence-electron chi connectivity index (χ4n) is 2.54. The van der Waals surface area contributed by atoms with Crippen molar-refractivity contribution in [2.45, 2.75) is 33.7 Å². The van der Waals surface area contributed by atoms with Crippen molar-refractivity contribution < 1.29 is 4.39 Å².